The summed E-state index contributed by atoms with van der Waals surface area (Å²) in [6.07, 6.45) is 0. The molecule has 0 unspecified atom stereocenters. The second-order valence-electron chi connectivity index (χ2n) is 7.26. The number of nitrogens with one attached hydrogen (secondary N) is 3. The van der Waals surface area contributed by atoms with Gasteiger partial charge in [0.05, 0.1) is 18.8 Å². The standard InChI is InChI=1S/C21H31N5O2.HI/c1-6-22-21(24-13-18-11-19(14(2)3)26-28-18)23-12-16-7-9-17(10-8-16)25-20(27)15(4)5;/h7-11,14-15H,6,12-13H2,1-5H3,(H,25,27)(H2,22,23,24);1H. The summed E-state index contributed by atoms with van der Waals surface area (Å²) < 4.78 is 5.35. The van der Waals surface area contributed by atoms with Crippen molar-refractivity contribution in [1.82, 2.24) is 15.8 Å². The smallest absolute Gasteiger partial charge is 0.226 e. The van der Waals surface area contributed by atoms with Crippen molar-refractivity contribution in [3.05, 3.63) is 47.3 Å². The van der Waals surface area contributed by atoms with Crippen molar-refractivity contribution in [1.29, 1.82) is 0 Å². The Balaban J connectivity index is 0.00000420. The van der Waals surface area contributed by atoms with E-state index in [4.69, 9.17) is 4.52 Å². The number of benzene rings is 1. The maximum Gasteiger partial charge on any atom is 0.226 e. The Hall–Kier alpha value is -2.10. The number of carbonyl (C=O) groups is 1. The summed E-state index contributed by atoms with van der Waals surface area (Å²) in [5.74, 6) is 1.80. The number of hydrogen-bond donors (Lipinski definition) is 3. The number of hydrogen-bond acceptors (Lipinski definition) is 4. The molecule has 0 saturated heterocycles. The Morgan fingerprint density at radius 2 is 1.83 bits per heavy atom. The number of aliphatic imine (C=N–C) groups is 1. The highest BCUT2D eigenvalue weighted by molar-refractivity contribution is 14.0. The minimum Gasteiger partial charge on any atom is -0.359 e. The number of anilines is 1. The Morgan fingerprint density at radius 1 is 1.14 bits per heavy atom. The molecular weight excluding hydrogens is 481 g/mol. The van der Waals surface area contributed by atoms with Gasteiger partial charge < -0.3 is 20.5 Å². The van der Waals surface area contributed by atoms with Crippen molar-refractivity contribution in [2.45, 2.75) is 53.6 Å². The first kappa shape index (κ1) is 24.9. The molecule has 8 heteroatoms. The summed E-state index contributed by atoms with van der Waals surface area (Å²) in [6.45, 7) is 11.7. The molecule has 0 saturated carbocycles. The van der Waals surface area contributed by atoms with Gasteiger partial charge in [0.25, 0.3) is 0 Å². The third kappa shape index (κ3) is 8.43. The minimum atomic E-state index is -0.0426. The molecule has 0 atom stereocenters. The molecule has 0 bridgehead atoms. The Bertz CT molecular complexity index is 785. The molecule has 0 aliphatic carbocycles. The number of guanidine groups is 1. The summed E-state index contributed by atoms with van der Waals surface area (Å²) >= 11 is 0. The molecule has 0 aliphatic rings. The maximum absolute atomic E-state index is 11.8. The zero-order valence-electron chi connectivity index (χ0n) is 17.8. The summed E-state index contributed by atoms with van der Waals surface area (Å²) in [5.41, 5.74) is 2.80. The molecule has 160 valence electrons. The lowest BCUT2D eigenvalue weighted by Crippen LogP contribution is -2.36. The lowest BCUT2D eigenvalue weighted by molar-refractivity contribution is -0.118. The van der Waals surface area contributed by atoms with Crippen LogP contribution < -0.4 is 16.0 Å². The van der Waals surface area contributed by atoms with E-state index < -0.39 is 0 Å². The van der Waals surface area contributed by atoms with Crippen LogP contribution in [0.25, 0.3) is 0 Å². The average molecular weight is 513 g/mol. The van der Waals surface area contributed by atoms with Crippen molar-refractivity contribution in [2.24, 2.45) is 10.9 Å². The highest BCUT2D eigenvalue weighted by Crippen LogP contribution is 2.14. The van der Waals surface area contributed by atoms with Gasteiger partial charge in [0.2, 0.25) is 5.91 Å². The maximum atomic E-state index is 11.8. The van der Waals surface area contributed by atoms with Gasteiger partial charge in [-0.15, -0.1) is 24.0 Å². The van der Waals surface area contributed by atoms with Gasteiger partial charge in [-0.05, 0) is 30.5 Å². The van der Waals surface area contributed by atoms with Gasteiger partial charge in [-0.1, -0.05) is 45.0 Å². The number of carbonyl (C=O) groups excluding carboxylic acids is 1. The fourth-order valence-corrected chi connectivity index (χ4v) is 2.35. The average Bonchev–Trinajstić information content (AvgIpc) is 3.14. The summed E-state index contributed by atoms with van der Waals surface area (Å²) in [4.78, 5) is 16.4. The van der Waals surface area contributed by atoms with Crippen LogP contribution in [-0.4, -0.2) is 23.6 Å². The third-order valence-electron chi connectivity index (χ3n) is 4.11. The molecule has 0 radical (unpaired) electrons. The SMILES string of the molecule is CCNC(=NCc1ccc(NC(=O)C(C)C)cc1)NCc1cc(C(C)C)no1.I. The molecule has 2 rings (SSSR count). The van der Waals surface area contributed by atoms with E-state index in [0.717, 1.165) is 29.2 Å². The molecule has 0 fully saturated rings. The van der Waals surface area contributed by atoms with Crippen molar-refractivity contribution in [2.75, 3.05) is 11.9 Å². The number of amides is 1. The molecule has 1 aromatic carbocycles. The summed E-state index contributed by atoms with van der Waals surface area (Å²) in [5, 5.41) is 13.4. The minimum absolute atomic E-state index is 0. The van der Waals surface area contributed by atoms with E-state index in [1.807, 2.05) is 51.1 Å². The van der Waals surface area contributed by atoms with Gasteiger partial charge >= 0.3 is 0 Å². The van der Waals surface area contributed by atoms with Crippen LogP contribution in [0.5, 0.6) is 0 Å². The topological polar surface area (TPSA) is 91.5 Å². The first-order valence-electron chi connectivity index (χ1n) is 9.76. The fraction of sp³-hybridized carbons (Fsp3) is 0.476. The van der Waals surface area contributed by atoms with Crippen molar-refractivity contribution >= 4 is 41.5 Å². The number of aromatic nitrogens is 1. The molecule has 3 N–H and O–H groups in total. The van der Waals surface area contributed by atoms with E-state index >= 15 is 0 Å². The molecule has 0 spiro atoms. The lowest BCUT2D eigenvalue weighted by Gasteiger charge is -2.10. The second-order valence-corrected chi connectivity index (χ2v) is 7.26. The summed E-state index contributed by atoms with van der Waals surface area (Å²) in [7, 11) is 0. The normalized spacial score (nSPS) is 11.3. The van der Waals surface area contributed by atoms with Crippen LogP contribution in [0.3, 0.4) is 0 Å². The third-order valence-corrected chi connectivity index (χ3v) is 4.11. The molecule has 1 heterocycles. The highest BCUT2D eigenvalue weighted by Gasteiger charge is 2.09. The van der Waals surface area contributed by atoms with Crippen LogP contribution in [0, 0.1) is 5.92 Å². The first-order valence-corrected chi connectivity index (χ1v) is 9.76. The Kier molecular flexibility index (Phi) is 10.7. The van der Waals surface area contributed by atoms with Crippen LogP contribution >= 0.6 is 24.0 Å². The van der Waals surface area contributed by atoms with E-state index in [2.05, 4.69) is 39.9 Å². The van der Waals surface area contributed by atoms with Crippen molar-refractivity contribution < 1.29 is 9.32 Å². The monoisotopic (exact) mass is 513 g/mol. The zero-order valence-corrected chi connectivity index (χ0v) is 20.1. The molecule has 1 amide bonds. The molecule has 7 nitrogen and oxygen atoms in total. The van der Waals surface area contributed by atoms with E-state index in [-0.39, 0.29) is 35.8 Å². The predicted octanol–water partition coefficient (Wildman–Crippen LogP) is 4.27. The van der Waals surface area contributed by atoms with Crippen molar-refractivity contribution in [3.63, 3.8) is 0 Å². The number of nitrogens with zero attached hydrogens (tertiary/aromatic N) is 2. The zero-order chi connectivity index (χ0) is 20.5. The quantitative estimate of drug-likeness (QED) is 0.279. The summed E-state index contributed by atoms with van der Waals surface area (Å²) in [6, 6.07) is 9.69. The molecule has 2 aromatic rings. The van der Waals surface area contributed by atoms with E-state index in [1.165, 1.54) is 0 Å². The number of rotatable bonds is 8. The van der Waals surface area contributed by atoms with Gasteiger partial charge in [-0.25, -0.2) is 4.99 Å². The van der Waals surface area contributed by atoms with Gasteiger partial charge in [-0.3, -0.25) is 4.79 Å². The second kappa shape index (κ2) is 12.5. The first-order chi connectivity index (χ1) is 13.4. The predicted molar refractivity (Wildman–Crippen MR) is 128 cm³/mol. The van der Waals surface area contributed by atoms with Gasteiger partial charge in [0.1, 0.15) is 0 Å². The van der Waals surface area contributed by atoms with Crippen LogP contribution in [0.1, 0.15) is 57.6 Å². The van der Waals surface area contributed by atoms with Crippen LogP contribution in [-0.2, 0) is 17.9 Å². The van der Waals surface area contributed by atoms with Crippen LogP contribution in [0.4, 0.5) is 5.69 Å². The van der Waals surface area contributed by atoms with Crippen LogP contribution in [0.2, 0.25) is 0 Å². The van der Waals surface area contributed by atoms with Crippen molar-refractivity contribution in [3.8, 4) is 0 Å². The molecule has 0 aliphatic heterocycles. The fourth-order valence-electron chi connectivity index (χ4n) is 2.35. The lowest BCUT2D eigenvalue weighted by atomic mass is 10.1. The van der Waals surface area contributed by atoms with Gasteiger partial charge in [0.15, 0.2) is 11.7 Å². The van der Waals surface area contributed by atoms with Gasteiger partial charge in [-0.2, -0.15) is 0 Å². The Morgan fingerprint density at radius 3 is 2.38 bits per heavy atom. The van der Waals surface area contributed by atoms with E-state index in [0.29, 0.717) is 25.0 Å². The Labute approximate surface area is 190 Å². The molecule has 29 heavy (non-hydrogen) atoms. The van der Waals surface area contributed by atoms with Crippen LogP contribution in [0.15, 0.2) is 39.8 Å². The van der Waals surface area contributed by atoms with E-state index in [1.54, 1.807) is 0 Å². The highest BCUT2D eigenvalue weighted by atomic mass is 127. The molecular formula is C21H32IN5O2. The molecule has 1 aromatic heterocycles. The number of halogens is 1. The van der Waals surface area contributed by atoms with E-state index in [9.17, 15) is 4.79 Å². The largest absolute Gasteiger partial charge is 0.359 e. The van der Waals surface area contributed by atoms with Gasteiger partial charge in [0, 0.05) is 24.2 Å².